The smallest absolute Gasteiger partial charge is 0.0802 e. The zero-order valence-electron chi connectivity index (χ0n) is 12.8. The minimum Gasteiger partial charge on any atom is -0.388 e. The van der Waals surface area contributed by atoms with Crippen molar-refractivity contribution in [2.75, 3.05) is 19.6 Å². The number of benzene rings is 1. The molecule has 0 saturated carbocycles. The van der Waals surface area contributed by atoms with Gasteiger partial charge in [0, 0.05) is 19.6 Å². The van der Waals surface area contributed by atoms with Gasteiger partial charge in [-0.25, -0.2) is 0 Å². The molecule has 1 aromatic rings. The minimum atomic E-state index is -0.344. The van der Waals surface area contributed by atoms with E-state index < -0.39 is 0 Å². The molecule has 0 heterocycles. The van der Waals surface area contributed by atoms with Gasteiger partial charge >= 0.3 is 0 Å². The van der Waals surface area contributed by atoms with E-state index in [0.29, 0.717) is 11.8 Å². The highest BCUT2D eigenvalue weighted by Gasteiger charge is 2.13. The summed E-state index contributed by atoms with van der Waals surface area (Å²) in [6.45, 7) is 12.2. The summed E-state index contributed by atoms with van der Waals surface area (Å²) in [5.74, 6) is 1.35. The Kier molecular flexibility index (Phi) is 7.11. The first-order chi connectivity index (χ1) is 8.99. The van der Waals surface area contributed by atoms with Crippen molar-refractivity contribution in [3.63, 3.8) is 0 Å². The Morgan fingerprint density at radius 2 is 1.47 bits per heavy atom. The summed E-state index contributed by atoms with van der Waals surface area (Å²) in [4.78, 5) is 2.47. The molecule has 0 fully saturated rings. The highest BCUT2D eigenvalue weighted by atomic mass is 16.3. The quantitative estimate of drug-likeness (QED) is 0.772. The predicted molar refractivity (Wildman–Crippen MR) is 82.1 cm³/mol. The van der Waals surface area contributed by atoms with Gasteiger partial charge in [-0.15, -0.1) is 0 Å². The summed E-state index contributed by atoms with van der Waals surface area (Å²) < 4.78 is 0. The first-order valence-electron chi connectivity index (χ1n) is 7.44. The molecular formula is C17H29NO. The van der Waals surface area contributed by atoms with E-state index in [4.69, 9.17) is 0 Å². The molecule has 1 rings (SSSR count). The molecule has 2 heteroatoms. The lowest BCUT2D eigenvalue weighted by Crippen LogP contribution is -2.33. The van der Waals surface area contributed by atoms with Crippen LogP contribution in [0.1, 0.15) is 45.8 Å². The number of hydrogen-bond acceptors (Lipinski definition) is 2. The summed E-state index contributed by atoms with van der Waals surface area (Å²) in [5, 5.41) is 10.2. The molecule has 0 aliphatic carbocycles. The van der Waals surface area contributed by atoms with Crippen molar-refractivity contribution in [1.82, 2.24) is 4.90 Å². The highest BCUT2D eigenvalue weighted by molar-refractivity contribution is 5.17. The van der Waals surface area contributed by atoms with Gasteiger partial charge in [0.25, 0.3) is 0 Å². The van der Waals surface area contributed by atoms with Gasteiger partial charge in [-0.2, -0.15) is 0 Å². The second-order valence-corrected chi connectivity index (χ2v) is 6.26. The van der Waals surface area contributed by atoms with Gasteiger partial charge in [0.2, 0.25) is 0 Å². The maximum Gasteiger partial charge on any atom is 0.0802 e. The van der Waals surface area contributed by atoms with Gasteiger partial charge < -0.3 is 10.0 Å². The molecule has 0 bridgehead atoms. The van der Waals surface area contributed by atoms with Crippen molar-refractivity contribution < 1.29 is 5.11 Å². The topological polar surface area (TPSA) is 23.5 Å². The predicted octanol–water partition coefficient (Wildman–Crippen LogP) is 3.72. The first kappa shape index (κ1) is 16.2. The van der Waals surface area contributed by atoms with Crippen LogP contribution in [-0.4, -0.2) is 29.6 Å². The largest absolute Gasteiger partial charge is 0.388 e. The Bertz CT molecular complexity index is 324. The fourth-order valence-corrected chi connectivity index (χ4v) is 2.44. The van der Waals surface area contributed by atoms with Crippen LogP contribution in [0.2, 0.25) is 0 Å². The van der Waals surface area contributed by atoms with Crippen molar-refractivity contribution in [2.45, 2.75) is 40.2 Å². The molecule has 19 heavy (non-hydrogen) atoms. The van der Waals surface area contributed by atoms with Crippen LogP contribution in [0.4, 0.5) is 0 Å². The van der Waals surface area contributed by atoms with Crippen molar-refractivity contribution in [1.29, 1.82) is 0 Å². The third-order valence-corrected chi connectivity index (χ3v) is 3.15. The van der Waals surface area contributed by atoms with Crippen LogP contribution in [0.15, 0.2) is 30.3 Å². The number of nitrogens with zero attached hydrogens (tertiary/aromatic N) is 1. The van der Waals surface area contributed by atoms with Crippen LogP contribution in [0.5, 0.6) is 0 Å². The van der Waals surface area contributed by atoms with Gasteiger partial charge in [0.15, 0.2) is 0 Å². The summed E-state index contributed by atoms with van der Waals surface area (Å²) >= 11 is 0. The van der Waals surface area contributed by atoms with Gasteiger partial charge in [-0.3, -0.25) is 0 Å². The lowest BCUT2D eigenvalue weighted by Gasteiger charge is -2.27. The van der Waals surface area contributed by atoms with E-state index >= 15 is 0 Å². The summed E-state index contributed by atoms with van der Waals surface area (Å²) in [6.07, 6.45) is 0.465. The molecule has 1 N–H and O–H groups in total. The molecule has 0 amide bonds. The molecule has 0 spiro atoms. The zero-order chi connectivity index (χ0) is 14.3. The third-order valence-electron chi connectivity index (χ3n) is 3.15. The van der Waals surface area contributed by atoms with Gasteiger partial charge in [0.05, 0.1) is 6.10 Å². The van der Waals surface area contributed by atoms with Crippen molar-refractivity contribution in [3.05, 3.63) is 35.9 Å². The molecule has 1 aromatic carbocycles. The Morgan fingerprint density at radius 3 is 1.95 bits per heavy atom. The van der Waals surface area contributed by atoms with Gasteiger partial charge in [-0.05, 0) is 23.8 Å². The molecular weight excluding hydrogens is 234 g/mol. The molecule has 0 saturated heterocycles. The van der Waals surface area contributed by atoms with Crippen LogP contribution >= 0.6 is 0 Å². The lowest BCUT2D eigenvalue weighted by molar-refractivity contribution is 0.131. The number of aliphatic hydroxyl groups is 1. The average Bonchev–Trinajstić information content (AvgIpc) is 2.35. The molecule has 0 radical (unpaired) electrons. The number of aliphatic hydroxyl groups excluding tert-OH is 1. The van der Waals surface area contributed by atoms with Crippen LogP contribution in [-0.2, 0) is 0 Å². The molecule has 108 valence electrons. The summed E-state index contributed by atoms with van der Waals surface area (Å²) in [6, 6.07) is 9.96. The van der Waals surface area contributed by atoms with Crippen molar-refractivity contribution >= 4 is 0 Å². The second kappa shape index (κ2) is 8.34. The normalized spacial score (nSPS) is 13.5. The minimum absolute atomic E-state index is 0.344. The van der Waals surface area contributed by atoms with E-state index in [1.807, 2.05) is 30.3 Å². The zero-order valence-corrected chi connectivity index (χ0v) is 12.8. The van der Waals surface area contributed by atoms with E-state index in [1.165, 1.54) is 0 Å². The van der Waals surface area contributed by atoms with E-state index in [0.717, 1.165) is 31.6 Å². The van der Waals surface area contributed by atoms with Crippen LogP contribution in [0, 0.1) is 11.8 Å². The van der Waals surface area contributed by atoms with Gasteiger partial charge in [0.1, 0.15) is 0 Å². The van der Waals surface area contributed by atoms with E-state index in [9.17, 15) is 5.11 Å². The Morgan fingerprint density at radius 1 is 0.947 bits per heavy atom. The number of hydrogen-bond donors (Lipinski definition) is 1. The fourth-order valence-electron chi connectivity index (χ4n) is 2.44. The lowest BCUT2D eigenvalue weighted by atomic mass is 10.1. The summed E-state index contributed by atoms with van der Waals surface area (Å²) in [5.41, 5.74) is 1.02. The van der Waals surface area contributed by atoms with Crippen LogP contribution in [0.25, 0.3) is 0 Å². The third kappa shape index (κ3) is 6.74. The molecule has 1 atom stereocenters. The molecule has 0 aliphatic heterocycles. The van der Waals surface area contributed by atoms with Crippen molar-refractivity contribution in [3.8, 4) is 0 Å². The molecule has 1 unspecified atom stereocenters. The number of rotatable bonds is 8. The second-order valence-electron chi connectivity index (χ2n) is 6.26. The van der Waals surface area contributed by atoms with Crippen molar-refractivity contribution in [2.24, 2.45) is 11.8 Å². The standard InChI is InChI=1S/C17H29NO/c1-14(2)12-18(13-15(3)4)11-10-17(19)16-8-6-5-7-9-16/h5-9,14-15,17,19H,10-13H2,1-4H3. The molecule has 0 aliphatic rings. The maximum atomic E-state index is 10.2. The summed E-state index contributed by atoms with van der Waals surface area (Å²) in [7, 11) is 0. The molecule has 0 aromatic heterocycles. The Hall–Kier alpha value is -0.860. The SMILES string of the molecule is CC(C)CN(CCC(O)c1ccccc1)CC(C)C. The fraction of sp³-hybridized carbons (Fsp3) is 0.647. The highest BCUT2D eigenvalue weighted by Crippen LogP contribution is 2.17. The van der Waals surface area contributed by atoms with Crippen LogP contribution in [0.3, 0.4) is 0 Å². The Balaban J connectivity index is 2.46. The van der Waals surface area contributed by atoms with E-state index in [2.05, 4.69) is 32.6 Å². The van der Waals surface area contributed by atoms with E-state index in [1.54, 1.807) is 0 Å². The van der Waals surface area contributed by atoms with E-state index in [-0.39, 0.29) is 6.10 Å². The first-order valence-corrected chi connectivity index (χ1v) is 7.44. The van der Waals surface area contributed by atoms with Gasteiger partial charge in [-0.1, -0.05) is 58.0 Å². The maximum absolute atomic E-state index is 10.2. The average molecular weight is 263 g/mol. The Labute approximate surface area is 118 Å². The molecule has 2 nitrogen and oxygen atoms in total. The van der Waals surface area contributed by atoms with Crippen LogP contribution < -0.4 is 0 Å². The monoisotopic (exact) mass is 263 g/mol.